The molecule has 0 aliphatic rings. The molecule has 0 unspecified atom stereocenters. The number of carbonyl (C=O) groups is 1. The summed E-state index contributed by atoms with van der Waals surface area (Å²) in [7, 11) is 3.38. The maximum absolute atomic E-state index is 9.43. The first-order chi connectivity index (χ1) is 4.68. The van der Waals surface area contributed by atoms with Crippen molar-refractivity contribution in [1.82, 2.24) is 4.90 Å². The molecule has 0 heterocycles. The van der Waals surface area contributed by atoms with Crippen LogP contribution in [0.5, 0.6) is 0 Å². The van der Waals surface area contributed by atoms with Crippen molar-refractivity contribution < 1.29 is 9.90 Å². The van der Waals surface area contributed by atoms with Gasteiger partial charge in [-0.25, -0.2) is 0 Å². The lowest BCUT2D eigenvalue weighted by atomic mass is 10.9. The fourth-order valence-corrected chi connectivity index (χ4v) is 0. The van der Waals surface area contributed by atoms with Gasteiger partial charge in [-0.1, -0.05) is 13.8 Å². The second-order valence-electron chi connectivity index (χ2n) is 1.39. The van der Waals surface area contributed by atoms with Gasteiger partial charge in [0.1, 0.15) is 0 Å². The molecule has 0 aromatic heterocycles. The first-order valence-electron chi connectivity index (χ1n) is 3.41. The average Bonchev–Trinajstić information content (AvgIpc) is 1.94. The van der Waals surface area contributed by atoms with Crippen LogP contribution in [0, 0.1) is 0 Å². The number of hydrogen-bond donors (Lipinski definition) is 1. The quantitative estimate of drug-likeness (QED) is 0.558. The zero-order chi connectivity index (χ0) is 8.99. The van der Waals surface area contributed by atoms with Crippen LogP contribution >= 0.6 is 0 Å². The predicted octanol–water partition coefficient (Wildman–Crippen LogP) is 0.729. The summed E-state index contributed by atoms with van der Waals surface area (Å²) in [6.45, 7) is 5.93. The first kappa shape index (κ1) is 16.2. The van der Waals surface area contributed by atoms with Gasteiger partial charge in [-0.05, 0) is 6.92 Å². The van der Waals surface area contributed by atoms with Crippen LogP contribution in [0.2, 0.25) is 0 Å². The Bertz CT molecular complexity index is 46.9. The molecule has 3 nitrogen and oxygen atoms in total. The van der Waals surface area contributed by atoms with E-state index in [4.69, 9.17) is 5.11 Å². The minimum atomic E-state index is 0.250. The summed E-state index contributed by atoms with van der Waals surface area (Å²) in [6.07, 6.45) is 0.750. The summed E-state index contributed by atoms with van der Waals surface area (Å²) in [4.78, 5) is 10.9. The smallest absolute Gasteiger partial charge is 0.209 e. The molecule has 0 saturated carbocycles. The number of aliphatic hydroxyl groups excluding tert-OH is 1. The van der Waals surface area contributed by atoms with Gasteiger partial charge in [0.25, 0.3) is 0 Å². The summed E-state index contributed by atoms with van der Waals surface area (Å²) >= 11 is 0. The van der Waals surface area contributed by atoms with Gasteiger partial charge >= 0.3 is 0 Å². The molecule has 0 radical (unpaired) electrons. The van der Waals surface area contributed by atoms with Gasteiger partial charge in [-0.3, -0.25) is 4.79 Å². The van der Waals surface area contributed by atoms with Crippen molar-refractivity contribution in [1.29, 1.82) is 0 Å². The SMILES string of the molecule is CC.CCO.CN(C)C=O. The van der Waals surface area contributed by atoms with Crippen LogP contribution < -0.4 is 0 Å². The molecule has 0 aliphatic heterocycles. The zero-order valence-electron chi connectivity index (χ0n) is 7.59. The molecule has 0 aromatic rings. The molecule has 64 valence electrons. The highest BCUT2D eigenvalue weighted by Gasteiger charge is 1.68. The Balaban J connectivity index is -0.0000000847. The molecule has 10 heavy (non-hydrogen) atoms. The van der Waals surface area contributed by atoms with E-state index in [9.17, 15) is 4.79 Å². The van der Waals surface area contributed by atoms with E-state index < -0.39 is 0 Å². The van der Waals surface area contributed by atoms with E-state index in [0.717, 1.165) is 6.41 Å². The number of hydrogen-bond acceptors (Lipinski definition) is 2. The van der Waals surface area contributed by atoms with Gasteiger partial charge in [0, 0.05) is 20.7 Å². The summed E-state index contributed by atoms with van der Waals surface area (Å²) in [5, 5.41) is 7.57. The lowest BCUT2D eigenvalue weighted by molar-refractivity contribution is -0.115. The van der Waals surface area contributed by atoms with Crippen molar-refractivity contribution in [3.63, 3.8) is 0 Å². The maximum Gasteiger partial charge on any atom is 0.209 e. The van der Waals surface area contributed by atoms with E-state index in [1.54, 1.807) is 21.0 Å². The topological polar surface area (TPSA) is 40.5 Å². The number of nitrogens with zero attached hydrogens (tertiary/aromatic N) is 1. The van der Waals surface area contributed by atoms with E-state index in [-0.39, 0.29) is 6.61 Å². The molecule has 3 heteroatoms. The van der Waals surface area contributed by atoms with Gasteiger partial charge in [0.05, 0.1) is 0 Å². The molecule has 0 atom stereocenters. The monoisotopic (exact) mass is 149 g/mol. The molecule has 0 spiro atoms. The van der Waals surface area contributed by atoms with E-state index in [2.05, 4.69) is 0 Å². The van der Waals surface area contributed by atoms with E-state index in [1.807, 2.05) is 13.8 Å². The maximum atomic E-state index is 9.43. The lowest BCUT2D eigenvalue weighted by Gasteiger charge is -1.93. The van der Waals surface area contributed by atoms with Gasteiger partial charge < -0.3 is 10.0 Å². The van der Waals surface area contributed by atoms with Crippen LogP contribution in [0.1, 0.15) is 20.8 Å². The zero-order valence-corrected chi connectivity index (χ0v) is 7.59. The highest BCUT2D eigenvalue weighted by Crippen LogP contribution is 1.52. The summed E-state index contributed by atoms with van der Waals surface area (Å²) in [5.74, 6) is 0. The van der Waals surface area contributed by atoms with Crippen LogP contribution in [-0.2, 0) is 4.79 Å². The summed E-state index contributed by atoms with van der Waals surface area (Å²) in [5.41, 5.74) is 0. The number of aliphatic hydroxyl groups is 1. The normalized spacial score (nSPS) is 5.80. The standard InChI is InChI=1S/C3H7NO.C2H6O.C2H6/c1-4(2)3-5;1-2-3;1-2/h3H,1-2H3;3H,2H2,1H3;1-2H3. The molecule has 0 saturated heterocycles. The van der Waals surface area contributed by atoms with E-state index in [0.29, 0.717) is 0 Å². The number of rotatable bonds is 1. The summed E-state index contributed by atoms with van der Waals surface area (Å²) < 4.78 is 0. The van der Waals surface area contributed by atoms with Crippen molar-refractivity contribution in [2.45, 2.75) is 20.8 Å². The van der Waals surface area contributed by atoms with E-state index >= 15 is 0 Å². The Morgan fingerprint density at radius 2 is 1.50 bits per heavy atom. The van der Waals surface area contributed by atoms with Gasteiger partial charge in [0.2, 0.25) is 6.41 Å². The van der Waals surface area contributed by atoms with Crippen molar-refractivity contribution in [3.05, 3.63) is 0 Å². The Morgan fingerprint density at radius 3 is 1.50 bits per heavy atom. The molecular formula is C7H19NO2. The highest BCUT2D eigenvalue weighted by atomic mass is 16.2. The largest absolute Gasteiger partial charge is 0.397 e. The molecular weight excluding hydrogens is 130 g/mol. The van der Waals surface area contributed by atoms with Crippen LogP contribution in [0.15, 0.2) is 0 Å². The van der Waals surface area contributed by atoms with Crippen molar-refractivity contribution in [3.8, 4) is 0 Å². The Kier molecular flexibility index (Phi) is 38.4. The van der Waals surface area contributed by atoms with Crippen molar-refractivity contribution >= 4 is 6.41 Å². The van der Waals surface area contributed by atoms with Crippen LogP contribution in [-0.4, -0.2) is 37.1 Å². The molecule has 0 aliphatic carbocycles. The Morgan fingerprint density at radius 1 is 1.40 bits per heavy atom. The van der Waals surface area contributed by atoms with Crippen molar-refractivity contribution in [2.75, 3.05) is 20.7 Å². The average molecular weight is 149 g/mol. The minimum absolute atomic E-state index is 0.250. The molecule has 0 fully saturated rings. The fourth-order valence-electron chi connectivity index (χ4n) is 0. The minimum Gasteiger partial charge on any atom is -0.397 e. The Hall–Kier alpha value is -0.570. The molecule has 0 bridgehead atoms. The van der Waals surface area contributed by atoms with Crippen LogP contribution in [0.4, 0.5) is 0 Å². The van der Waals surface area contributed by atoms with Crippen LogP contribution in [0.25, 0.3) is 0 Å². The predicted molar refractivity (Wildman–Crippen MR) is 43.9 cm³/mol. The first-order valence-corrected chi connectivity index (χ1v) is 3.41. The van der Waals surface area contributed by atoms with Crippen LogP contribution in [0.3, 0.4) is 0 Å². The molecule has 1 amide bonds. The van der Waals surface area contributed by atoms with E-state index in [1.165, 1.54) is 4.90 Å². The molecule has 1 N–H and O–H groups in total. The Labute approximate surface area is 63.7 Å². The fraction of sp³-hybridized carbons (Fsp3) is 0.857. The third-order valence-corrected chi connectivity index (χ3v) is 0.211. The number of carbonyl (C=O) groups excluding carboxylic acids is 1. The lowest BCUT2D eigenvalue weighted by Crippen LogP contribution is -2.06. The van der Waals surface area contributed by atoms with Gasteiger partial charge in [-0.2, -0.15) is 0 Å². The second kappa shape index (κ2) is 23.7. The molecule has 0 rings (SSSR count). The van der Waals surface area contributed by atoms with Gasteiger partial charge in [0.15, 0.2) is 0 Å². The molecule has 0 aromatic carbocycles. The third kappa shape index (κ3) is 150. The second-order valence-corrected chi connectivity index (χ2v) is 1.39. The third-order valence-electron chi connectivity index (χ3n) is 0.211. The highest BCUT2D eigenvalue weighted by molar-refractivity contribution is 5.45. The van der Waals surface area contributed by atoms with Crippen molar-refractivity contribution in [2.24, 2.45) is 0 Å². The van der Waals surface area contributed by atoms with Gasteiger partial charge in [-0.15, -0.1) is 0 Å². The number of amides is 1. The summed E-state index contributed by atoms with van der Waals surface area (Å²) in [6, 6.07) is 0.